The lowest BCUT2D eigenvalue weighted by Crippen LogP contribution is -2.17. The number of benzene rings is 1. The maximum atomic E-state index is 8.63. The minimum Gasteiger partial charge on any atom is -0.348 e. The van der Waals surface area contributed by atoms with E-state index in [4.69, 9.17) is 14.7 Å². The molecule has 16 heavy (non-hydrogen) atoms. The molecule has 1 aliphatic heterocycles. The molecule has 1 heterocycles. The van der Waals surface area contributed by atoms with Crippen LogP contribution < -0.4 is 0 Å². The highest BCUT2D eigenvalue weighted by Crippen LogP contribution is 2.28. The van der Waals surface area contributed by atoms with E-state index in [9.17, 15) is 0 Å². The molecule has 2 rings (SSSR count). The van der Waals surface area contributed by atoms with E-state index < -0.39 is 0 Å². The zero-order valence-electron chi connectivity index (χ0n) is 9.10. The Balaban J connectivity index is 2.17. The molecule has 84 valence electrons. The fourth-order valence-electron chi connectivity index (χ4n) is 1.66. The first-order valence-corrected chi connectivity index (χ1v) is 6.02. The number of thioether (sulfide) groups is 1. The van der Waals surface area contributed by atoms with E-state index in [1.54, 1.807) is 0 Å². The Labute approximate surface area is 99.4 Å². The summed E-state index contributed by atoms with van der Waals surface area (Å²) in [6, 6.07) is 5.93. The van der Waals surface area contributed by atoms with Crippen molar-refractivity contribution in [2.45, 2.75) is 24.5 Å². The average molecular weight is 235 g/mol. The van der Waals surface area contributed by atoms with Crippen LogP contribution in [0.2, 0.25) is 0 Å². The van der Waals surface area contributed by atoms with Crippen molar-refractivity contribution in [3.05, 3.63) is 29.3 Å². The molecule has 0 unspecified atom stereocenters. The average Bonchev–Trinajstić information content (AvgIpc) is 2.33. The molecule has 0 radical (unpaired) electrons. The number of thiocyanates is 1. The number of rotatable bonds is 2. The van der Waals surface area contributed by atoms with Gasteiger partial charge < -0.3 is 9.47 Å². The van der Waals surface area contributed by atoms with Crippen LogP contribution in [0.1, 0.15) is 23.8 Å². The van der Waals surface area contributed by atoms with Crippen molar-refractivity contribution in [3.63, 3.8) is 0 Å². The van der Waals surface area contributed by atoms with E-state index in [1.807, 2.05) is 25.1 Å². The third-order valence-corrected chi connectivity index (χ3v) is 3.22. The van der Waals surface area contributed by atoms with Gasteiger partial charge in [-0.1, -0.05) is 6.07 Å². The fourth-order valence-corrected chi connectivity index (χ4v) is 2.12. The summed E-state index contributed by atoms with van der Waals surface area (Å²) < 4.78 is 11.0. The second-order valence-corrected chi connectivity index (χ2v) is 4.47. The summed E-state index contributed by atoms with van der Waals surface area (Å²) in [4.78, 5) is 0.988. The number of ether oxygens (including phenoxy) is 2. The van der Waals surface area contributed by atoms with Crippen molar-refractivity contribution >= 4 is 11.8 Å². The van der Waals surface area contributed by atoms with Gasteiger partial charge in [-0.15, -0.1) is 0 Å². The lowest BCUT2D eigenvalue weighted by atomic mass is 10.1. The highest BCUT2D eigenvalue weighted by atomic mass is 32.2. The second kappa shape index (κ2) is 5.35. The molecule has 0 atom stereocenters. The first-order valence-electron chi connectivity index (χ1n) is 5.21. The molecule has 1 fully saturated rings. The molecule has 0 aromatic heterocycles. The number of hydrogen-bond acceptors (Lipinski definition) is 4. The smallest absolute Gasteiger partial charge is 0.183 e. The van der Waals surface area contributed by atoms with Crippen molar-refractivity contribution < 1.29 is 9.47 Å². The van der Waals surface area contributed by atoms with Gasteiger partial charge in [0.1, 0.15) is 5.40 Å². The molecule has 0 amide bonds. The first-order chi connectivity index (χ1) is 7.81. The first kappa shape index (κ1) is 11.5. The molecule has 0 spiro atoms. The van der Waals surface area contributed by atoms with Gasteiger partial charge in [-0.2, -0.15) is 5.26 Å². The Kier molecular flexibility index (Phi) is 3.83. The standard InChI is InChI=1S/C12H13NO2S/c1-9-7-10(3-4-11(9)16-8-13)12-14-5-2-6-15-12/h3-4,7,12H,2,5-6H2,1H3. The monoisotopic (exact) mass is 235 g/mol. The van der Waals surface area contributed by atoms with Gasteiger partial charge >= 0.3 is 0 Å². The van der Waals surface area contributed by atoms with Crippen LogP contribution in [-0.4, -0.2) is 13.2 Å². The van der Waals surface area contributed by atoms with Crippen LogP contribution in [0.5, 0.6) is 0 Å². The Morgan fingerprint density at radius 1 is 1.38 bits per heavy atom. The molecule has 1 aliphatic rings. The third kappa shape index (κ3) is 2.56. The molecule has 3 nitrogen and oxygen atoms in total. The zero-order chi connectivity index (χ0) is 11.4. The van der Waals surface area contributed by atoms with Gasteiger partial charge in [0.2, 0.25) is 0 Å². The Morgan fingerprint density at radius 3 is 2.75 bits per heavy atom. The number of aryl methyl sites for hydroxylation is 1. The largest absolute Gasteiger partial charge is 0.348 e. The van der Waals surface area contributed by atoms with E-state index in [0.29, 0.717) is 0 Å². The summed E-state index contributed by atoms with van der Waals surface area (Å²) in [6.07, 6.45) is 0.714. The molecular formula is C12H13NO2S. The van der Waals surface area contributed by atoms with Gasteiger partial charge in [-0.25, -0.2) is 0 Å². The quantitative estimate of drug-likeness (QED) is 0.583. The zero-order valence-corrected chi connectivity index (χ0v) is 9.92. The molecule has 1 saturated heterocycles. The van der Waals surface area contributed by atoms with Crippen LogP contribution in [-0.2, 0) is 9.47 Å². The molecule has 4 heteroatoms. The van der Waals surface area contributed by atoms with Crippen LogP contribution in [0.3, 0.4) is 0 Å². The lowest BCUT2D eigenvalue weighted by Gasteiger charge is -2.23. The topological polar surface area (TPSA) is 42.2 Å². The van der Waals surface area contributed by atoms with E-state index in [0.717, 1.165) is 35.7 Å². The predicted octanol–water partition coefficient (Wildman–Crippen LogP) is 3.00. The van der Waals surface area contributed by atoms with Gasteiger partial charge in [-0.3, -0.25) is 0 Å². The summed E-state index contributed by atoms with van der Waals surface area (Å²) in [5, 5.41) is 10.7. The van der Waals surface area contributed by atoms with Crippen molar-refractivity contribution in [3.8, 4) is 5.40 Å². The van der Waals surface area contributed by atoms with Crippen LogP contribution in [0.15, 0.2) is 23.1 Å². The van der Waals surface area contributed by atoms with Crippen LogP contribution in [0, 0.1) is 17.6 Å². The molecule has 0 bridgehead atoms. The maximum Gasteiger partial charge on any atom is 0.183 e. The van der Waals surface area contributed by atoms with E-state index in [2.05, 4.69) is 5.40 Å². The molecule has 0 aliphatic carbocycles. The van der Waals surface area contributed by atoms with Gasteiger partial charge in [0.15, 0.2) is 6.29 Å². The third-order valence-electron chi connectivity index (χ3n) is 2.45. The normalized spacial score (nSPS) is 17.0. The Hall–Kier alpha value is -1.02. The van der Waals surface area contributed by atoms with Gasteiger partial charge in [0.25, 0.3) is 0 Å². The van der Waals surface area contributed by atoms with E-state index in [1.165, 1.54) is 11.8 Å². The lowest BCUT2D eigenvalue weighted by molar-refractivity contribution is -0.183. The van der Waals surface area contributed by atoms with Crippen LogP contribution >= 0.6 is 11.8 Å². The highest BCUT2D eigenvalue weighted by Gasteiger charge is 2.17. The van der Waals surface area contributed by atoms with Crippen molar-refractivity contribution in [2.75, 3.05) is 13.2 Å². The summed E-state index contributed by atoms with van der Waals surface area (Å²) in [5.41, 5.74) is 2.11. The second-order valence-electron chi connectivity index (χ2n) is 3.65. The van der Waals surface area contributed by atoms with Gasteiger partial charge in [0, 0.05) is 10.5 Å². The predicted molar refractivity (Wildman–Crippen MR) is 61.9 cm³/mol. The molecule has 0 N–H and O–H groups in total. The van der Waals surface area contributed by atoms with Crippen molar-refractivity contribution in [2.24, 2.45) is 0 Å². The molecule has 1 aromatic carbocycles. The molecule has 1 aromatic rings. The van der Waals surface area contributed by atoms with E-state index in [-0.39, 0.29) is 6.29 Å². The van der Waals surface area contributed by atoms with Crippen molar-refractivity contribution in [1.82, 2.24) is 0 Å². The summed E-state index contributed by atoms with van der Waals surface area (Å²) in [5.74, 6) is 0. The summed E-state index contributed by atoms with van der Waals surface area (Å²) >= 11 is 1.18. The minimum absolute atomic E-state index is 0.242. The molecule has 0 saturated carbocycles. The van der Waals surface area contributed by atoms with Crippen LogP contribution in [0.25, 0.3) is 0 Å². The maximum absolute atomic E-state index is 8.63. The SMILES string of the molecule is Cc1cc(C2OCCCO2)ccc1SC#N. The number of hydrogen-bond donors (Lipinski definition) is 0. The van der Waals surface area contributed by atoms with E-state index >= 15 is 0 Å². The van der Waals surface area contributed by atoms with Gasteiger partial charge in [0.05, 0.1) is 13.2 Å². The summed E-state index contributed by atoms with van der Waals surface area (Å²) in [7, 11) is 0. The minimum atomic E-state index is -0.242. The van der Waals surface area contributed by atoms with Gasteiger partial charge in [-0.05, 0) is 42.8 Å². The number of nitrogens with zero attached hydrogens (tertiary/aromatic N) is 1. The van der Waals surface area contributed by atoms with Crippen molar-refractivity contribution in [1.29, 1.82) is 5.26 Å². The highest BCUT2D eigenvalue weighted by molar-refractivity contribution is 8.03. The number of nitriles is 1. The van der Waals surface area contributed by atoms with Crippen LogP contribution in [0.4, 0.5) is 0 Å². The fraction of sp³-hybridized carbons (Fsp3) is 0.417. The molecular weight excluding hydrogens is 222 g/mol. The Bertz CT molecular complexity index is 408. The Morgan fingerprint density at radius 2 is 2.12 bits per heavy atom. The summed E-state index contributed by atoms with van der Waals surface area (Å²) in [6.45, 7) is 3.49.